The van der Waals surface area contributed by atoms with Gasteiger partial charge in [-0.15, -0.1) is 0 Å². The molecule has 0 spiro atoms. The average molecular weight is 491 g/mol. The predicted octanol–water partition coefficient (Wildman–Crippen LogP) is 4.50. The van der Waals surface area contributed by atoms with E-state index < -0.39 is 10.8 Å². The lowest BCUT2D eigenvalue weighted by Crippen LogP contribution is -2.25. The van der Waals surface area contributed by atoms with Crippen molar-refractivity contribution < 1.29 is 14.5 Å². The Morgan fingerprint density at radius 1 is 1.30 bits per heavy atom. The van der Waals surface area contributed by atoms with Crippen LogP contribution in [0.25, 0.3) is 10.9 Å². The zero-order valence-electron chi connectivity index (χ0n) is 18.1. The van der Waals surface area contributed by atoms with Gasteiger partial charge in [-0.1, -0.05) is 35.5 Å². The van der Waals surface area contributed by atoms with E-state index in [9.17, 15) is 19.7 Å². The number of hydrogen-bond donors (Lipinski definition) is 1. The molecule has 0 aliphatic rings. The van der Waals surface area contributed by atoms with E-state index in [0.717, 1.165) is 11.8 Å². The summed E-state index contributed by atoms with van der Waals surface area (Å²) in [4.78, 5) is 40.5. The van der Waals surface area contributed by atoms with Crippen molar-refractivity contribution in [2.75, 3.05) is 17.7 Å². The largest absolute Gasteiger partial charge is 0.379 e. The molecule has 0 aliphatic carbocycles. The molecule has 1 amide bonds. The third-order valence-corrected chi connectivity index (χ3v) is 5.86. The lowest BCUT2D eigenvalue weighted by molar-refractivity contribution is -0.384. The molecule has 0 saturated heterocycles. The number of thioether (sulfide) groups is 1. The van der Waals surface area contributed by atoms with Crippen LogP contribution in [-0.4, -0.2) is 38.8 Å². The first-order chi connectivity index (χ1) is 15.8. The van der Waals surface area contributed by atoms with Gasteiger partial charge in [0.25, 0.3) is 11.2 Å². The quantitative estimate of drug-likeness (QED) is 0.146. The first-order valence-corrected chi connectivity index (χ1v) is 11.6. The van der Waals surface area contributed by atoms with E-state index in [1.807, 2.05) is 13.8 Å². The Morgan fingerprint density at radius 3 is 2.79 bits per heavy atom. The smallest absolute Gasteiger partial charge is 0.289 e. The number of nitro benzene ring substituents is 1. The van der Waals surface area contributed by atoms with Gasteiger partial charge in [-0.3, -0.25) is 24.3 Å². The Balaban J connectivity index is 1.76. The van der Waals surface area contributed by atoms with Crippen molar-refractivity contribution >= 4 is 51.5 Å². The monoisotopic (exact) mass is 490 g/mol. The van der Waals surface area contributed by atoms with Crippen LogP contribution in [0, 0.1) is 10.1 Å². The number of nitrogens with one attached hydrogen (secondary N) is 1. The fourth-order valence-electron chi connectivity index (χ4n) is 3.05. The van der Waals surface area contributed by atoms with Crippen molar-refractivity contribution in [3.8, 4) is 0 Å². The van der Waals surface area contributed by atoms with Crippen molar-refractivity contribution in [1.29, 1.82) is 0 Å². The summed E-state index contributed by atoms with van der Waals surface area (Å²) >= 11 is 6.93. The van der Waals surface area contributed by atoms with Gasteiger partial charge >= 0.3 is 0 Å². The van der Waals surface area contributed by atoms with Crippen molar-refractivity contribution in [1.82, 2.24) is 9.55 Å². The normalized spacial score (nSPS) is 11.2. The summed E-state index contributed by atoms with van der Waals surface area (Å²) in [6.07, 6.45) is 0.712. The lowest BCUT2D eigenvalue weighted by atomic mass is 10.2. The number of hydrogen-bond acceptors (Lipinski definition) is 7. The number of para-hydroxylation sites is 1. The zero-order chi connectivity index (χ0) is 24.0. The number of rotatable bonds is 10. The molecule has 3 rings (SSSR count). The summed E-state index contributed by atoms with van der Waals surface area (Å²) < 4.78 is 7.12. The van der Waals surface area contributed by atoms with Crippen LogP contribution in [0.15, 0.2) is 52.4 Å². The summed E-state index contributed by atoms with van der Waals surface area (Å²) in [7, 11) is 0. The number of carbonyl (C=O) groups excluding carboxylic acids is 1. The van der Waals surface area contributed by atoms with Gasteiger partial charge in [-0.05, 0) is 44.5 Å². The second kappa shape index (κ2) is 11.3. The third-order valence-electron chi connectivity index (χ3n) is 4.56. The van der Waals surface area contributed by atoms with Crippen LogP contribution in [0.1, 0.15) is 20.3 Å². The predicted molar refractivity (Wildman–Crippen MR) is 129 cm³/mol. The highest BCUT2D eigenvalue weighted by Gasteiger charge is 2.16. The van der Waals surface area contributed by atoms with Crippen molar-refractivity contribution in [2.45, 2.75) is 38.1 Å². The van der Waals surface area contributed by atoms with Crippen molar-refractivity contribution in [3.63, 3.8) is 0 Å². The molecule has 9 nitrogen and oxygen atoms in total. The molecular weight excluding hydrogens is 468 g/mol. The van der Waals surface area contributed by atoms with Crippen LogP contribution in [-0.2, 0) is 16.1 Å². The summed E-state index contributed by atoms with van der Waals surface area (Å²) in [5.74, 6) is -0.433. The molecule has 0 fully saturated rings. The second-order valence-corrected chi connectivity index (χ2v) is 8.75. The highest BCUT2D eigenvalue weighted by Crippen LogP contribution is 2.27. The van der Waals surface area contributed by atoms with E-state index in [-0.39, 0.29) is 33.8 Å². The summed E-state index contributed by atoms with van der Waals surface area (Å²) in [5, 5.41) is 14.6. The number of halogens is 1. The van der Waals surface area contributed by atoms with Gasteiger partial charge in [0.1, 0.15) is 5.02 Å². The highest BCUT2D eigenvalue weighted by molar-refractivity contribution is 7.99. The van der Waals surface area contributed by atoms with Crippen LogP contribution >= 0.6 is 23.4 Å². The maximum atomic E-state index is 13.0. The molecule has 11 heteroatoms. The summed E-state index contributed by atoms with van der Waals surface area (Å²) in [6, 6.07) is 11.1. The number of ether oxygens (including phenoxy) is 1. The fourth-order valence-corrected chi connectivity index (χ4v) is 4.07. The molecule has 3 aromatic rings. The van der Waals surface area contributed by atoms with Gasteiger partial charge in [0.15, 0.2) is 5.16 Å². The van der Waals surface area contributed by atoms with E-state index >= 15 is 0 Å². The van der Waals surface area contributed by atoms with E-state index in [1.165, 1.54) is 18.2 Å². The van der Waals surface area contributed by atoms with Crippen molar-refractivity contribution in [2.24, 2.45) is 0 Å². The molecular formula is C22H23ClN4O5S. The van der Waals surface area contributed by atoms with Gasteiger partial charge < -0.3 is 10.1 Å². The molecule has 0 atom stereocenters. The maximum absolute atomic E-state index is 13.0. The Hall–Kier alpha value is -2.95. The van der Waals surface area contributed by atoms with E-state index in [0.29, 0.717) is 35.6 Å². The van der Waals surface area contributed by atoms with Gasteiger partial charge in [0, 0.05) is 24.9 Å². The molecule has 0 unspecified atom stereocenters. The molecule has 1 aromatic heterocycles. The number of nitro groups is 1. The minimum Gasteiger partial charge on any atom is -0.379 e. The van der Waals surface area contributed by atoms with Crippen LogP contribution in [0.5, 0.6) is 0 Å². The molecule has 1 heterocycles. The number of nitrogens with zero attached hydrogens (tertiary/aromatic N) is 3. The summed E-state index contributed by atoms with van der Waals surface area (Å²) in [6.45, 7) is 4.78. The van der Waals surface area contributed by atoms with Gasteiger partial charge in [-0.25, -0.2) is 4.98 Å². The second-order valence-electron chi connectivity index (χ2n) is 7.40. The maximum Gasteiger partial charge on any atom is 0.289 e. The number of fused-ring (bicyclic) bond motifs is 1. The number of amides is 1. The lowest BCUT2D eigenvalue weighted by Gasteiger charge is -2.14. The molecule has 0 aliphatic heterocycles. The number of aromatic nitrogens is 2. The molecule has 1 N–H and O–H groups in total. The standard InChI is InChI=1S/C22H23ClN4O5S/c1-14(2)32-11-5-10-26-21(29)16-6-3-4-7-18(16)25-22(26)33-13-20(28)24-15-8-9-17(23)19(12-15)27(30)31/h3-4,6-9,12,14H,5,10-11,13H2,1-2H3,(H,24,28). The topological polar surface area (TPSA) is 116 Å². The fraction of sp³-hybridized carbons (Fsp3) is 0.318. The van der Waals surface area contributed by atoms with Crippen LogP contribution in [0.3, 0.4) is 0 Å². The number of anilines is 1. The Labute approximate surface area is 199 Å². The molecule has 0 bridgehead atoms. The van der Waals surface area contributed by atoms with E-state index in [2.05, 4.69) is 10.3 Å². The molecule has 0 radical (unpaired) electrons. The Kier molecular flexibility index (Phi) is 8.43. The highest BCUT2D eigenvalue weighted by atomic mass is 35.5. The van der Waals surface area contributed by atoms with Crippen LogP contribution < -0.4 is 10.9 Å². The number of carbonyl (C=O) groups is 1. The molecule has 33 heavy (non-hydrogen) atoms. The Bertz CT molecular complexity index is 1230. The van der Waals surface area contributed by atoms with Crippen molar-refractivity contribution in [3.05, 3.63) is 68.0 Å². The molecule has 2 aromatic carbocycles. The van der Waals surface area contributed by atoms with Gasteiger partial charge in [0.2, 0.25) is 5.91 Å². The minimum absolute atomic E-state index is 0.0156. The molecule has 0 saturated carbocycles. The van der Waals surface area contributed by atoms with E-state index in [1.54, 1.807) is 28.8 Å². The average Bonchev–Trinajstić information content (AvgIpc) is 2.77. The zero-order valence-corrected chi connectivity index (χ0v) is 19.7. The SMILES string of the molecule is CC(C)OCCCn1c(SCC(=O)Nc2ccc(Cl)c([N+](=O)[O-])c2)nc2ccccc2c1=O. The minimum atomic E-state index is -0.618. The van der Waals surface area contributed by atoms with Crippen LogP contribution in [0.2, 0.25) is 5.02 Å². The first kappa shape index (κ1) is 24.7. The number of benzene rings is 2. The Morgan fingerprint density at radius 2 is 2.06 bits per heavy atom. The first-order valence-electron chi connectivity index (χ1n) is 10.2. The molecule has 174 valence electrons. The van der Waals surface area contributed by atoms with E-state index in [4.69, 9.17) is 16.3 Å². The van der Waals surface area contributed by atoms with Gasteiger partial charge in [0.05, 0.1) is 27.7 Å². The summed E-state index contributed by atoms with van der Waals surface area (Å²) in [5.41, 5.74) is 0.331. The third kappa shape index (κ3) is 6.53. The van der Waals surface area contributed by atoms with Crippen LogP contribution in [0.4, 0.5) is 11.4 Å². The van der Waals surface area contributed by atoms with Gasteiger partial charge in [-0.2, -0.15) is 0 Å².